The summed E-state index contributed by atoms with van der Waals surface area (Å²) in [6.45, 7) is 0.245. The summed E-state index contributed by atoms with van der Waals surface area (Å²) in [5, 5.41) is 2.19. The molecule has 0 amide bonds. The number of aliphatic imine (C=N–C) groups is 1. The number of benzene rings is 1. The lowest BCUT2D eigenvalue weighted by atomic mass is 10.2. The van der Waals surface area contributed by atoms with E-state index in [0.717, 1.165) is 4.47 Å². The number of hydrogen-bond donors (Lipinski definition) is 0. The third kappa shape index (κ3) is 2.48. The van der Waals surface area contributed by atoms with Gasteiger partial charge in [-0.05, 0) is 30.4 Å². The normalized spacial score (nSPS) is 9.17. The van der Waals surface area contributed by atoms with Gasteiger partial charge in [0.1, 0.15) is 5.82 Å². The molecule has 0 N–H and O–H groups in total. The maximum absolute atomic E-state index is 13.0. The molecule has 1 aromatic carbocycles. The second-order valence-electron chi connectivity index (χ2n) is 2.14. The predicted molar refractivity (Wildman–Crippen MR) is 52.8 cm³/mol. The molecule has 1 nitrogen and oxygen atoms in total. The Balaban J connectivity index is 2.96. The van der Waals surface area contributed by atoms with Crippen molar-refractivity contribution in [3.8, 4) is 0 Å². The van der Waals surface area contributed by atoms with Gasteiger partial charge in [-0.2, -0.15) is 0 Å². The van der Waals surface area contributed by atoms with E-state index >= 15 is 0 Å². The van der Waals surface area contributed by atoms with E-state index in [-0.39, 0.29) is 12.4 Å². The molecule has 0 atom stereocenters. The fourth-order valence-corrected chi connectivity index (χ4v) is 1.25. The molecule has 1 rings (SSSR count). The molecule has 1 aromatic rings. The van der Waals surface area contributed by atoms with Crippen LogP contribution in [0.5, 0.6) is 0 Å². The Morgan fingerprint density at radius 2 is 2.33 bits per heavy atom. The average Bonchev–Trinajstić information content (AvgIpc) is 2.07. The SMILES string of the molecule is Fc1ccc(Br)cc1CN=C=S. The molecule has 0 heterocycles. The molecule has 0 aliphatic heterocycles. The highest BCUT2D eigenvalue weighted by Crippen LogP contribution is 2.15. The van der Waals surface area contributed by atoms with Crippen LogP contribution in [0.4, 0.5) is 4.39 Å². The van der Waals surface area contributed by atoms with E-state index < -0.39 is 0 Å². The smallest absolute Gasteiger partial charge is 0.128 e. The van der Waals surface area contributed by atoms with E-state index in [4.69, 9.17) is 0 Å². The zero-order valence-corrected chi connectivity index (χ0v) is 8.45. The van der Waals surface area contributed by atoms with Crippen LogP contribution in [0, 0.1) is 5.82 Å². The van der Waals surface area contributed by atoms with Gasteiger partial charge in [0.05, 0.1) is 11.7 Å². The maximum atomic E-state index is 13.0. The van der Waals surface area contributed by atoms with Crippen LogP contribution in [0.15, 0.2) is 27.7 Å². The lowest BCUT2D eigenvalue weighted by Crippen LogP contribution is -1.87. The highest BCUT2D eigenvalue weighted by Gasteiger charge is 2.00. The van der Waals surface area contributed by atoms with Gasteiger partial charge in [0, 0.05) is 10.0 Å². The summed E-state index contributed by atoms with van der Waals surface area (Å²) >= 11 is 7.61. The first-order valence-corrected chi connectivity index (χ1v) is 4.41. The number of hydrogen-bond acceptors (Lipinski definition) is 2. The third-order valence-electron chi connectivity index (χ3n) is 1.32. The zero-order chi connectivity index (χ0) is 8.97. The molecule has 4 heteroatoms. The van der Waals surface area contributed by atoms with E-state index in [1.165, 1.54) is 6.07 Å². The molecule has 0 bridgehead atoms. The number of halogens is 2. The Kier molecular flexibility index (Phi) is 3.53. The quantitative estimate of drug-likeness (QED) is 0.576. The van der Waals surface area contributed by atoms with Crippen molar-refractivity contribution in [2.24, 2.45) is 4.99 Å². The van der Waals surface area contributed by atoms with Crippen LogP contribution in [0.25, 0.3) is 0 Å². The minimum atomic E-state index is -0.271. The Bertz CT molecular complexity index is 334. The fraction of sp³-hybridized carbons (Fsp3) is 0.125. The molecule has 0 saturated heterocycles. The van der Waals surface area contributed by atoms with E-state index in [0.29, 0.717) is 5.56 Å². The van der Waals surface area contributed by atoms with E-state index in [9.17, 15) is 4.39 Å². The van der Waals surface area contributed by atoms with Crippen LogP contribution in [0.3, 0.4) is 0 Å². The summed E-state index contributed by atoms with van der Waals surface area (Å²) in [5.41, 5.74) is 0.515. The Morgan fingerprint density at radius 1 is 1.58 bits per heavy atom. The van der Waals surface area contributed by atoms with E-state index in [1.807, 2.05) is 0 Å². The lowest BCUT2D eigenvalue weighted by Gasteiger charge is -1.98. The van der Waals surface area contributed by atoms with Gasteiger partial charge >= 0.3 is 0 Å². The predicted octanol–water partition coefficient (Wildman–Crippen LogP) is 3.19. The summed E-state index contributed by atoms with van der Waals surface area (Å²) in [7, 11) is 0. The molecule has 0 fully saturated rings. The first kappa shape index (κ1) is 9.52. The van der Waals surface area contributed by atoms with Crippen LogP contribution in [-0.4, -0.2) is 5.16 Å². The van der Waals surface area contributed by atoms with Gasteiger partial charge in [0.2, 0.25) is 0 Å². The maximum Gasteiger partial charge on any atom is 0.128 e. The van der Waals surface area contributed by atoms with Crippen LogP contribution in [0.1, 0.15) is 5.56 Å². The standard InChI is InChI=1S/C8H5BrFNS/c9-7-1-2-8(10)6(3-7)4-11-5-12/h1-3H,4H2. The average molecular weight is 246 g/mol. The minimum absolute atomic E-state index is 0.245. The summed E-state index contributed by atoms with van der Waals surface area (Å²) < 4.78 is 13.8. The molecular formula is C8H5BrFNS. The van der Waals surface area contributed by atoms with E-state index in [2.05, 4.69) is 38.3 Å². The summed E-state index contributed by atoms with van der Waals surface area (Å²) in [4.78, 5) is 3.65. The number of nitrogens with zero attached hydrogens (tertiary/aromatic N) is 1. The van der Waals surface area contributed by atoms with Crippen molar-refractivity contribution in [1.29, 1.82) is 0 Å². The van der Waals surface area contributed by atoms with Crippen molar-refractivity contribution in [1.82, 2.24) is 0 Å². The first-order valence-electron chi connectivity index (χ1n) is 3.21. The van der Waals surface area contributed by atoms with Gasteiger partial charge in [-0.15, -0.1) is 0 Å². The molecule has 0 aliphatic rings. The van der Waals surface area contributed by atoms with Gasteiger partial charge in [-0.1, -0.05) is 15.9 Å². The minimum Gasteiger partial charge on any atom is -0.228 e. The Morgan fingerprint density at radius 3 is 3.00 bits per heavy atom. The molecule has 12 heavy (non-hydrogen) atoms. The highest BCUT2D eigenvalue weighted by molar-refractivity contribution is 9.10. The van der Waals surface area contributed by atoms with Crippen LogP contribution < -0.4 is 0 Å². The monoisotopic (exact) mass is 245 g/mol. The molecule has 0 saturated carbocycles. The number of isothiocyanates is 1. The van der Waals surface area contributed by atoms with Crippen molar-refractivity contribution in [2.75, 3.05) is 0 Å². The highest BCUT2D eigenvalue weighted by atomic mass is 79.9. The largest absolute Gasteiger partial charge is 0.228 e. The Labute approximate surface area is 83.4 Å². The molecule has 0 radical (unpaired) electrons. The van der Waals surface area contributed by atoms with Gasteiger partial charge in [-0.3, -0.25) is 0 Å². The molecule has 0 spiro atoms. The topological polar surface area (TPSA) is 12.4 Å². The van der Waals surface area contributed by atoms with Crippen molar-refractivity contribution < 1.29 is 4.39 Å². The van der Waals surface area contributed by atoms with Crippen LogP contribution >= 0.6 is 28.1 Å². The van der Waals surface area contributed by atoms with Gasteiger partial charge in [-0.25, -0.2) is 9.38 Å². The molecule has 62 valence electrons. The third-order valence-corrected chi connectivity index (χ3v) is 1.94. The Hall–Kier alpha value is -0.570. The molecular weight excluding hydrogens is 241 g/mol. The summed E-state index contributed by atoms with van der Waals surface area (Å²) in [6, 6.07) is 4.70. The summed E-state index contributed by atoms with van der Waals surface area (Å²) in [6.07, 6.45) is 0. The van der Waals surface area contributed by atoms with Gasteiger partial charge in [0.25, 0.3) is 0 Å². The van der Waals surface area contributed by atoms with Gasteiger partial charge < -0.3 is 0 Å². The van der Waals surface area contributed by atoms with Gasteiger partial charge in [0.15, 0.2) is 0 Å². The molecule has 0 aliphatic carbocycles. The van der Waals surface area contributed by atoms with Crippen molar-refractivity contribution in [3.05, 3.63) is 34.1 Å². The first-order chi connectivity index (χ1) is 5.74. The lowest BCUT2D eigenvalue weighted by molar-refractivity contribution is 0.610. The molecule has 0 aromatic heterocycles. The van der Waals surface area contributed by atoms with Crippen molar-refractivity contribution in [2.45, 2.75) is 6.54 Å². The molecule has 0 unspecified atom stereocenters. The number of thiocarbonyl (C=S) groups is 1. The fourth-order valence-electron chi connectivity index (χ4n) is 0.782. The zero-order valence-electron chi connectivity index (χ0n) is 6.05. The summed E-state index contributed by atoms with van der Waals surface area (Å²) in [5.74, 6) is -0.271. The van der Waals surface area contributed by atoms with Crippen LogP contribution in [0.2, 0.25) is 0 Å². The van der Waals surface area contributed by atoms with Crippen molar-refractivity contribution in [3.63, 3.8) is 0 Å². The second-order valence-corrected chi connectivity index (χ2v) is 3.24. The second kappa shape index (κ2) is 4.45. The number of rotatable bonds is 2. The van der Waals surface area contributed by atoms with E-state index in [1.54, 1.807) is 12.1 Å². The van der Waals surface area contributed by atoms with Crippen LogP contribution in [-0.2, 0) is 6.54 Å². The van der Waals surface area contributed by atoms with Crippen molar-refractivity contribution >= 4 is 33.3 Å².